The smallest absolute Gasteiger partial charge is 0.229 e. The van der Waals surface area contributed by atoms with Crippen molar-refractivity contribution in [2.45, 2.75) is 64.8 Å². The van der Waals surface area contributed by atoms with Crippen LogP contribution in [0.15, 0.2) is 11.6 Å². The first-order chi connectivity index (χ1) is 11.3. The van der Waals surface area contributed by atoms with Gasteiger partial charge in [0, 0.05) is 16.8 Å². The molecule has 4 aliphatic rings. The van der Waals surface area contributed by atoms with E-state index in [1.54, 1.807) is 6.08 Å². The SMILES string of the molecule is C[C@]12CC[C@H]3[C@@H](CCC4=CC(=O)CC([N+](=O)[O-])[C@@]43C)[C@@H]1CCC2=O. The molecule has 130 valence electrons. The quantitative estimate of drug-likeness (QED) is 0.545. The molecule has 0 aromatic rings. The molecule has 3 fully saturated rings. The summed E-state index contributed by atoms with van der Waals surface area (Å²) in [6.07, 6.45) is 6.79. The van der Waals surface area contributed by atoms with Crippen molar-refractivity contribution in [3.63, 3.8) is 0 Å². The van der Waals surface area contributed by atoms with Crippen LogP contribution in [0.5, 0.6) is 0 Å². The molecule has 0 aromatic carbocycles. The zero-order valence-electron chi connectivity index (χ0n) is 14.4. The Hall–Kier alpha value is -1.52. The number of ketones is 2. The minimum absolute atomic E-state index is 0.0249. The fourth-order valence-electron chi connectivity index (χ4n) is 6.67. The maximum absolute atomic E-state index is 12.4. The molecule has 5 heteroatoms. The molecule has 4 rings (SSSR count). The predicted molar refractivity (Wildman–Crippen MR) is 87.9 cm³/mol. The molecular formula is C19H25NO4. The van der Waals surface area contributed by atoms with Gasteiger partial charge >= 0.3 is 0 Å². The lowest BCUT2D eigenvalue weighted by atomic mass is 9.46. The van der Waals surface area contributed by atoms with Crippen LogP contribution in [0.25, 0.3) is 0 Å². The molecule has 0 spiro atoms. The molecule has 0 radical (unpaired) electrons. The predicted octanol–water partition coefficient (Wildman–Crippen LogP) is 3.34. The zero-order chi connectivity index (χ0) is 17.3. The summed E-state index contributed by atoms with van der Waals surface area (Å²) in [5, 5.41) is 11.7. The summed E-state index contributed by atoms with van der Waals surface area (Å²) in [5.41, 5.74) is 0.260. The van der Waals surface area contributed by atoms with Crippen LogP contribution in [-0.2, 0) is 9.59 Å². The van der Waals surface area contributed by atoms with Crippen LogP contribution in [-0.4, -0.2) is 22.5 Å². The van der Waals surface area contributed by atoms with Crippen LogP contribution < -0.4 is 0 Å². The van der Waals surface area contributed by atoms with Gasteiger partial charge in [-0.25, -0.2) is 0 Å². The first kappa shape index (κ1) is 16.0. The van der Waals surface area contributed by atoms with Crippen LogP contribution in [0.3, 0.4) is 0 Å². The van der Waals surface area contributed by atoms with Gasteiger partial charge in [0.1, 0.15) is 5.78 Å². The molecule has 5 nitrogen and oxygen atoms in total. The molecule has 6 atom stereocenters. The van der Waals surface area contributed by atoms with E-state index in [4.69, 9.17) is 0 Å². The number of carbonyl (C=O) groups excluding carboxylic acids is 2. The fourth-order valence-corrected chi connectivity index (χ4v) is 6.67. The van der Waals surface area contributed by atoms with E-state index < -0.39 is 11.5 Å². The number of hydrogen-bond donors (Lipinski definition) is 0. The summed E-state index contributed by atoms with van der Waals surface area (Å²) in [5.74, 6) is 1.27. The van der Waals surface area contributed by atoms with Crippen molar-refractivity contribution in [2.75, 3.05) is 0 Å². The first-order valence-electron chi connectivity index (χ1n) is 9.19. The summed E-state index contributed by atoms with van der Waals surface area (Å²) >= 11 is 0. The average Bonchev–Trinajstić information content (AvgIpc) is 2.83. The summed E-state index contributed by atoms with van der Waals surface area (Å²) in [6.45, 7) is 4.14. The van der Waals surface area contributed by atoms with Gasteiger partial charge in [-0.2, -0.15) is 0 Å². The van der Waals surface area contributed by atoms with Gasteiger partial charge in [-0.3, -0.25) is 19.7 Å². The fraction of sp³-hybridized carbons (Fsp3) is 0.789. The van der Waals surface area contributed by atoms with Crippen LogP contribution in [0.4, 0.5) is 0 Å². The Balaban J connectivity index is 1.76. The maximum atomic E-state index is 12.4. The van der Waals surface area contributed by atoms with Gasteiger partial charge in [0.2, 0.25) is 6.04 Å². The van der Waals surface area contributed by atoms with E-state index >= 15 is 0 Å². The van der Waals surface area contributed by atoms with Crippen molar-refractivity contribution in [1.82, 2.24) is 0 Å². The van der Waals surface area contributed by atoms with Crippen molar-refractivity contribution in [2.24, 2.45) is 28.6 Å². The number of rotatable bonds is 1. The molecule has 0 aromatic heterocycles. The van der Waals surface area contributed by atoms with Crippen molar-refractivity contribution < 1.29 is 14.5 Å². The molecule has 3 saturated carbocycles. The molecule has 0 amide bonds. The second kappa shape index (κ2) is 4.99. The van der Waals surface area contributed by atoms with Gasteiger partial charge in [-0.05, 0) is 62.9 Å². The van der Waals surface area contributed by atoms with E-state index in [2.05, 4.69) is 6.92 Å². The van der Waals surface area contributed by atoms with E-state index in [1.807, 2.05) is 6.92 Å². The number of hydrogen-bond acceptors (Lipinski definition) is 4. The highest BCUT2D eigenvalue weighted by Crippen LogP contribution is 2.64. The van der Waals surface area contributed by atoms with Crippen molar-refractivity contribution >= 4 is 11.6 Å². The minimum Gasteiger partial charge on any atom is -0.299 e. The number of nitro groups is 1. The van der Waals surface area contributed by atoms with Gasteiger partial charge in [-0.1, -0.05) is 12.5 Å². The molecule has 0 bridgehead atoms. The van der Waals surface area contributed by atoms with Gasteiger partial charge in [0.15, 0.2) is 5.78 Å². The topological polar surface area (TPSA) is 77.3 Å². The Labute approximate surface area is 142 Å². The average molecular weight is 331 g/mol. The van der Waals surface area contributed by atoms with Gasteiger partial charge < -0.3 is 0 Å². The number of nitrogens with zero attached hydrogens (tertiary/aromatic N) is 1. The van der Waals surface area contributed by atoms with E-state index in [1.165, 1.54) is 0 Å². The number of Topliss-reactive ketones (excluding diaryl/α,β-unsaturated/α-hetero) is 1. The highest BCUT2D eigenvalue weighted by Gasteiger charge is 2.63. The van der Waals surface area contributed by atoms with Crippen molar-refractivity contribution in [3.05, 3.63) is 21.8 Å². The monoisotopic (exact) mass is 331 g/mol. The highest BCUT2D eigenvalue weighted by atomic mass is 16.6. The van der Waals surface area contributed by atoms with Gasteiger partial charge in [0.05, 0.1) is 11.8 Å². The summed E-state index contributed by atoms with van der Waals surface area (Å²) in [7, 11) is 0. The Morgan fingerprint density at radius 2 is 1.88 bits per heavy atom. The molecule has 24 heavy (non-hydrogen) atoms. The lowest BCUT2D eigenvalue weighted by Gasteiger charge is -2.56. The zero-order valence-corrected chi connectivity index (χ0v) is 14.4. The Kier molecular flexibility index (Phi) is 3.32. The third-order valence-electron chi connectivity index (χ3n) is 8.03. The number of carbonyl (C=O) groups is 2. The summed E-state index contributed by atoms with van der Waals surface area (Å²) in [4.78, 5) is 35.9. The molecule has 1 unspecified atom stereocenters. The number of fused-ring (bicyclic) bond motifs is 5. The van der Waals surface area contributed by atoms with Crippen LogP contribution >= 0.6 is 0 Å². The molecule has 0 aliphatic heterocycles. The van der Waals surface area contributed by atoms with E-state index in [9.17, 15) is 19.7 Å². The maximum Gasteiger partial charge on any atom is 0.229 e. The molecule has 0 saturated heterocycles. The highest BCUT2D eigenvalue weighted by molar-refractivity contribution is 5.92. The van der Waals surface area contributed by atoms with Crippen molar-refractivity contribution in [3.8, 4) is 0 Å². The molecule has 0 N–H and O–H groups in total. The first-order valence-corrected chi connectivity index (χ1v) is 9.19. The van der Waals surface area contributed by atoms with Gasteiger partial charge in [-0.15, -0.1) is 0 Å². The summed E-state index contributed by atoms with van der Waals surface area (Å²) in [6, 6.07) is -0.806. The standard InChI is InChI=1S/C19H25NO4/c1-18-8-7-15-13(14(18)5-6-17(18)22)4-3-11-9-12(21)10-16(20(23)24)19(11,15)2/h9,13-16H,3-8,10H2,1-2H3/t13-,14-,15-,16?,18-,19-/m0/s1. The van der Waals surface area contributed by atoms with E-state index in [-0.39, 0.29) is 28.5 Å². The van der Waals surface area contributed by atoms with Crippen molar-refractivity contribution in [1.29, 1.82) is 0 Å². The molecule has 0 heterocycles. The Morgan fingerprint density at radius 1 is 1.12 bits per heavy atom. The molecule has 4 aliphatic carbocycles. The largest absolute Gasteiger partial charge is 0.299 e. The van der Waals surface area contributed by atoms with E-state index in [0.29, 0.717) is 24.0 Å². The lowest BCUT2D eigenvalue weighted by Crippen LogP contribution is -2.57. The van der Waals surface area contributed by atoms with Crippen LogP contribution in [0.2, 0.25) is 0 Å². The third-order valence-corrected chi connectivity index (χ3v) is 8.03. The van der Waals surface area contributed by atoms with Crippen LogP contribution in [0.1, 0.15) is 58.8 Å². The minimum atomic E-state index is -0.806. The summed E-state index contributed by atoms with van der Waals surface area (Å²) < 4.78 is 0. The van der Waals surface area contributed by atoms with Gasteiger partial charge in [0.25, 0.3) is 0 Å². The second-order valence-corrected chi connectivity index (χ2v) is 8.76. The Morgan fingerprint density at radius 3 is 2.58 bits per heavy atom. The third kappa shape index (κ3) is 1.87. The Bertz CT molecular complexity index is 668. The second-order valence-electron chi connectivity index (χ2n) is 8.76. The normalized spacial score (nSPS) is 47.5. The lowest BCUT2D eigenvalue weighted by molar-refractivity contribution is -0.542. The van der Waals surface area contributed by atoms with E-state index in [0.717, 1.165) is 37.7 Å². The van der Waals surface area contributed by atoms with Crippen LogP contribution in [0, 0.1) is 38.7 Å². The molecular weight excluding hydrogens is 306 g/mol.